The van der Waals surface area contributed by atoms with Crippen molar-refractivity contribution in [2.24, 2.45) is 0 Å². The minimum Gasteiger partial charge on any atom is -0.310 e. The molecule has 0 saturated carbocycles. The normalized spacial score (nSPS) is 18.5. The summed E-state index contributed by atoms with van der Waals surface area (Å²) < 4.78 is 0. The lowest BCUT2D eigenvalue weighted by atomic mass is 10.1. The van der Waals surface area contributed by atoms with Crippen molar-refractivity contribution in [1.29, 1.82) is 5.26 Å². The Morgan fingerprint density at radius 3 is 3.13 bits per heavy atom. The van der Waals surface area contributed by atoms with E-state index in [2.05, 4.69) is 24.4 Å². The van der Waals surface area contributed by atoms with Crippen LogP contribution in [0.2, 0.25) is 0 Å². The van der Waals surface area contributed by atoms with E-state index in [1.165, 1.54) is 24.0 Å². The first kappa shape index (κ1) is 10.2. The van der Waals surface area contributed by atoms with E-state index in [4.69, 9.17) is 5.26 Å². The average molecular weight is 200 g/mol. The molecule has 1 N–H and O–H groups in total. The predicted molar refractivity (Wildman–Crippen MR) is 60.5 cm³/mol. The van der Waals surface area contributed by atoms with Crippen LogP contribution in [0, 0.1) is 11.3 Å². The highest BCUT2D eigenvalue weighted by Crippen LogP contribution is 2.31. The maximum absolute atomic E-state index is 8.81. The Hall–Kier alpha value is -1.33. The average Bonchev–Trinajstić information content (AvgIpc) is 2.68. The lowest BCUT2D eigenvalue weighted by Gasteiger charge is -2.12. The number of fused-ring (bicyclic) bond motifs is 1. The number of nitriles is 1. The van der Waals surface area contributed by atoms with Crippen LogP contribution in [0.3, 0.4) is 0 Å². The molecular formula is C13H16N2. The molecule has 0 aromatic heterocycles. The lowest BCUT2D eigenvalue weighted by molar-refractivity contribution is 0.529. The Bertz CT molecular complexity index is 390. The molecule has 1 atom stereocenters. The van der Waals surface area contributed by atoms with E-state index in [0.29, 0.717) is 6.04 Å². The van der Waals surface area contributed by atoms with Crippen LogP contribution in [0.5, 0.6) is 0 Å². The van der Waals surface area contributed by atoms with Crippen molar-refractivity contribution < 1.29 is 0 Å². The first-order valence-corrected chi connectivity index (χ1v) is 5.61. The monoisotopic (exact) mass is 200 g/mol. The topological polar surface area (TPSA) is 35.8 Å². The minimum atomic E-state index is 0.507. The molecule has 0 amide bonds. The van der Waals surface area contributed by atoms with Crippen molar-refractivity contribution in [2.75, 3.05) is 6.54 Å². The SMILES string of the molecule is CCCNC1CCc2cc(C#N)ccc21. The number of nitrogens with zero attached hydrogens (tertiary/aromatic N) is 1. The van der Waals surface area contributed by atoms with Gasteiger partial charge in [0, 0.05) is 6.04 Å². The van der Waals surface area contributed by atoms with Gasteiger partial charge in [0.25, 0.3) is 0 Å². The van der Waals surface area contributed by atoms with Gasteiger partial charge in [-0.25, -0.2) is 0 Å². The Kier molecular flexibility index (Phi) is 3.03. The van der Waals surface area contributed by atoms with E-state index in [0.717, 1.165) is 18.5 Å². The van der Waals surface area contributed by atoms with Gasteiger partial charge in [-0.2, -0.15) is 5.26 Å². The maximum atomic E-state index is 8.81. The van der Waals surface area contributed by atoms with Crippen LogP contribution < -0.4 is 5.32 Å². The summed E-state index contributed by atoms with van der Waals surface area (Å²) >= 11 is 0. The van der Waals surface area contributed by atoms with Crippen LogP contribution in [0.25, 0.3) is 0 Å². The van der Waals surface area contributed by atoms with Gasteiger partial charge in [-0.05, 0) is 49.1 Å². The zero-order valence-corrected chi connectivity index (χ0v) is 9.09. The van der Waals surface area contributed by atoms with Crippen molar-refractivity contribution in [3.05, 3.63) is 34.9 Å². The first-order valence-electron chi connectivity index (χ1n) is 5.61. The fraction of sp³-hybridized carbons (Fsp3) is 0.462. The summed E-state index contributed by atoms with van der Waals surface area (Å²) in [6.45, 7) is 3.26. The van der Waals surface area contributed by atoms with E-state index in [9.17, 15) is 0 Å². The highest BCUT2D eigenvalue weighted by molar-refractivity contribution is 5.42. The molecule has 1 aromatic carbocycles. The highest BCUT2D eigenvalue weighted by atomic mass is 14.9. The fourth-order valence-corrected chi connectivity index (χ4v) is 2.22. The van der Waals surface area contributed by atoms with Gasteiger partial charge in [0.05, 0.1) is 11.6 Å². The Morgan fingerprint density at radius 1 is 1.53 bits per heavy atom. The Morgan fingerprint density at radius 2 is 2.40 bits per heavy atom. The smallest absolute Gasteiger partial charge is 0.0991 e. The van der Waals surface area contributed by atoms with Gasteiger partial charge in [-0.1, -0.05) is 13.0 Å². The predicted octanol–water partition coefficient (Wildman–Crippen LogP) is 2.55. The number of nitrogens with one attached hydrogen (secondary N) is 1. The van der Waals surface area contributed by atoms with Crippen molar-refractivity contribution in [2.45, 2.75) is 32.2 Å². The second-order valence-corrected chi connectivity index (χ2v) is 4.07. The molecule has 78 valence electrons. The molecule has 1 unspecified atom stereocenters. The summed E-state index contributed by atoms with van der Waals surface area (Å²) in [5.74, 6) is 0. The Balaban J connectivity index is 2.18. The summed E-state index contributed by atoms with van der Waals surface area (Å²) in [5, 5.41) is 12.4. The van der Waals surface area contributed by atoms with Crippen LogP contribution in [0.4, 0.5) is 0 Å². The van der Waals surface area contributed by atoms with Crippen molar-refractivity contribution in [3.63, 3.8) is 0 Å². The molecule has 15 heavy (non-hydrogen) atoms. The summed E-state index contributed by atoms with van der Waals surface area (Å²) in [5.41, 5.74) is 3.52. The van der Waals surface area contributed by atoms with E-state index in [1.54, 1.807) is 0 Å². The second kappa shape index (κ2) is 4.46. The van der Waals surface area contributed by atoms with Gasteiger partial charge < -0.3 is 5.32 Å². The standard InChI is InChI=1S/C13H16N2/c1-2-7-15-13-6-4-11-8-10(9-14)3-5-12(11)13/h3,5,8,13,15H,2,4,6-7H2,1H3. The van der Waals surface area contributed by atoms with E-state index in [1.807, 2.05) is 12.1 Å². The number of rotatable bonds is 3. The van der Waals surface area contributed by atoms with E-state index >= 15 is 0 Å². The Labute approximate surface area is 90.9 Å². The summed E-state index contributed by atoms with van der Waals surface area (Å²) in [4.78, 5) is 0. The third-order valence-electron chi connectivity index (χ3n) is 2.99. The third kappa shape index (κ3) is 2.03. The highest BCUT2D eigenvalue weighted by Gasteiger charge is 2.21. The molecule has 0 aliphatic heterocycles. The molecule has 0 bridgehead atoms. The van der Waals surface area contributed by atoms with Crippen LogP contribution in [-0.4, -0.2) is 6.54 Å². The van der Waals surface area contributed by atoms with Crippen molar-refractivity contribution in [1.82, 2.24) is 5.32 Å². The second-order valence-electron chi connectivity index (χ2n) is 4.07. The molecule has 2 nitrogen and oxygen atoms in total. The van der Waals surface area contributed by atoms with Crippen LogP contribution in [0.1, 0.15) is 42.5 Å². The first-order chi connectivity index (χ1) is 7.35. The van der Waals surface area contributed by atoms with Crippen LogP contribution in [-0.2, 0) is 6.42 Å². The third-order valence-corrected chi connectivity index (χ3v) is 2.99. The molecule has 1 aliphatic carbocycles. The van der Waals surface area contributed by atoms with Gasteiger partial charge in [-0.15, -0.1) is 0 Å². The molecule has 2 rings (SSSR count). The maximum Gasteiger partial charge on any atom is 0.0991 e. The van der Waals surface area contributed by atoms with Crippen molar-refractivity contribution >= 4 is 0 Å². The largest absolute Gasteiger partial charge is 0.310 e. The van der Waals surface area contributed by atoms with Crippen LogP contribution >= 0.6 is 0 Å². The summed E-state index contributed by atoms with van der Waals surface area (Å²) in [6.07, 6.45) is 3.44. The lowest BCUT2D eigenvalue weighted by Crippen LogP contribution is -2.19. The number of hydrogen-bond donors (Lipinski definition) is 1. The van der Waals surface area contributed by atoms with Crippen LogP contribution in [0.15, 0.2) is 18.2 Å². The molecule has 2 heteroatoms. The molecule has 0 fully saturated rings. The molecule has 1 aromatic rings. The van der Waals surface area contributed by atoms with Gasteiger partial charge in [-0.3, -0.25) is 0 Å². The van der Waals surface area contributed by atoms with E-state index in [-0.39, 0.29) is 0 Å². The van der Waals surface area contributed by atoms with E-state index < -0.39 is 0 Å². The minimum absolute atomic E-state index is 0.507. The van der Waals surface area contributed by atoms with Gasteiger partial charge in [0.1, 0.15) is 0 Å². The van der Waals surface area contributed by atoms with Gasteiger partial charge in [0.2, 0.25) is 0 Å². The summed E-state index contributed by atoms with van der Waals surface area (Å²) in [6, 6.07) is 8.76. The van der Waals surface area contributed by atoms with Gasteiger partial charge >= 0.3 is 0 Å². The fourth-order valence-electron chi connectivity index (χ4n) is 2.22. The quantitative estimate of drug-likeness (QED) is 0.814. The molecule has 0 radical (unpaired) electrons. The number of aryl methyl sites for hydroxylation is 1. The molecule has 1 aliphatic rings. The number of hydrogen-bond acceptors (Lipinski definition) is 2. The molecular weight excluding hydrogens is 184 g/mol. The zero-order valence-electron chi connectivity index (χ0n) is 9.09. The molecule has 0 heterocycles. The number of benzene rings is 1. The molecule has 0 spiro atoms. The van der Waals surface area contributed by atoms with Gasteiger partial charge in [0.15, 0.2) is 0 Å². The summed E-state index contributed by atoms with van der Waals surface area (Å²) in [7, 11) is 0. The zero-order chi connectivity index (χ0) is 10.7. The molecule has 0 saturated heterocycles. The van der Waals surface area contributed by atoms with Crippen molar-refractivity contribution in [3.8, 4) is 6.07 Å².